The highest BCUT2D eigenvalue weighted by atomic mass is 35.5. The van der Waals surface area contributed by atoms with Crippen LogP contribution in [0.2, 0.25) is 5.02 Å². The third-order valence-corrected chi connectivity index (χ3v) is 7.41. The number of pyridine rings is 1. The summed E-state index contributed by atoms with van der Waals surface area (Å²) in [6.45, 7) is 3.47. The molecule has 0 saturated heterocycles. The summed E-state index contributed by atoms with van der Waals surface area (Å²) in [5, 5.41) is 4.10. The van der Waals surface area contributed by atoms with Crippen molar-refractivity contribution in [1.29, 1.82) is 0 Å². The fourth-order valence-corrected chi connectivity index (χ4v) is 5.42. The van der Waals surface area contributed by atoms with Crippen LogP contribution in [0.5, 0.6) is 0 Å². The lowest BCUT2D eigenvalue weighted by Crippen LogP contribution is -2.34. The molecule has 6 nitrogen and oxygen atoms in total. The highest BCUT2D eigenvalue weighted by Gasteiger charge is 2.28. The van der Waals surface area contributed by atoms with Gasteiger partial charge in [-0.25, -0.2) is 14.2 Å². The van der Waals surface area contributed by atoms with E-state index in [2.05, 4.69) is 27.3 Å². The Kier molecular flexibility index (Phi) is 8.00. The SMILES string of the molecule is Cl.O=C(NCc1ccnc(F)c1)n1c2c(c3cc4c(cc31)COC4)CN(C/C=C/c1ccc(F)c(Cl)c1)CC2. The smallest absolute Gasteiger partial charge is 0.326 e. The predicted molar refractivity (Wildman–Crippen MR) is 149 cm³/mol. The van der Waals surface area contributed by atoms with Crippen LogP contribution in [0.3, 0.4) is 0 Å². The van der Waals surface area contributed by atoms with Crippen LogP contribution >= 0.6 is 24.0 Å². The maximum atomic E-state index is 13.5. The Morgan fingerprint density at radius 2 is 1.95 bits per heavy atom. The van der Waals surface area contributed by atoms with Crippen molar-refractivity contribution in [3.63, 3.8) is 0 Å². The number of amides is 1. The minimum Gasteiger partial charge on any atom is -0.372 e. The number of carbonyl (C=O) groups is 1. The van der Waals surface area contributed by atoms with Gasteiger partial charge in [-0.2, -0.15) is 4.39 Å². The first kappa shape index (κ1) is 27.3. The highest BCUT2D eigenvalue weighted by molar-refractivity contribution is 6.30. The van der Waals surface area contributed by atoms with Crippen molar-refractivity contribution < 1.29 is 18.3 Å². The number of carbonyl (C=O) groups excluding carboxylic acids is 1. The molecule has 0 spiro atoms. The summed E-state index contributed by atoms with van der Waals surface area (Å²) in [4.78, 5) is 19.4. The molecule has 39 heavy (non-hydrogen) atoms. The van der Waals surface area contributed by atoms with Crippen molar-refractivity contribution in [2.75, 3.05) is 13.1 Å². The summed E-state index contributed by atoms with van der Waals surface area (Å²) >= 11 is 5.90. The third-order valence-electron chi connectivity index (χ3n) is 7.12. The molecule has 202 valence electrons. The molecule has 2 aromatic carbocycles. The molecule has 2 aromatic heterocycles. The Bertz CT molecular complexity index is 1590. The summed E-state index contributed by atoms with van der Waals surface area (Å²) in [5.74, 6) is -1.01. The van der Waals surface area contributed by atoms with Crippen molar-refractivity contribution in [1.82, 2.24) is 19.8 Å². The molecule has 0 atom stereocenters. The van der Waals surface area contributed by atoms with Crippen molar-refractivity contribution >= 4 is 47.0 Å². The van der Waals surface area contributed by atoms with Gasteiger partial charge in [0.25, 0.3) is 0 Å². The van der Waals surface area contributed by atoms with Gasteiger partial charge in [0.15, 0.2) is 0 Å². The highest BCUT2D eigenvalue weighted by Crippen LogP contribution is 2.35. The quantitative estimate of drug-likeness (QED) is 0.288. The van der Waals surface area contributed by atoms with E-state index in [4.69, 9.17) is 16.3 Å². The van der Waals surface area contributed by atoms with Crippen molar-refractivity contribution in [3.05, 3.63) is 105 Å². The van der Waals surface area contributed by atoms with Crippen LogP contribution in [0.15, 0.2) is 54.7 Å². The Morgan fingerprint density at radius 3 is 2.74 bits per heavy atom. The summed E-state index contributed by atoms with van der Waals surface area (Å²) < 4.78 is 34.4. The number of nitrogens with one attached hydrogen (secondary N) is 1. The second kappa shape index (κ2) is 11.4. The van der Waals surface area contributed by atoms with Gasteiger partial charge in [-0.3, -0.25) is 9.47 Å². The largest absolute Gasteiger partial charge is 0.372 e. The minimum absolute atomic E-state index is 0. The molecule has 0 bridgehead atoms. The van der Waals surface area contributed by atoms with E-state index in [1.54, 1.807) is 22.8 Å². The van der Waals surface area contributed by atoms with Gasteiger partial charge >= 0.3 is 6.03 Å². The second-order valence-corrected chi connectivity index (χ2v) is 10.0. The lowest BCUT2D eigenvalue weighted by atomic mass is 10.0. The average molecular weight is 571 g/mol. The van der Waals surface area contributed by atoms with Gasteiger partial charge in [-0.05, 0) is 64.2 Å². The Labute approximate surface area is 235 Å². The summed E-state index contributed by atoms with van der Waals surface area (Å²) in [6.07, 6.45) is 6.07. The number of fused-ring (bicyclic) bond motifs is 4. The number of ether oxygens (including phenoxy) is 1. The topological polar surface area (TPSA) is 59.4 Å². The Hall–Kier alpha value is -3.30. The van der Waals surface area contributed by atoms with E-state index in [1.165, 1.54) is 18.3 Å². The first-order valence-electron chi connectivity index (χ1n) is 12.4. The molecule has 10 heteroatoms. The van der Waals surface area contributed by atoms with Crippen LogP contribution in [-0.4, -0.2) is 33.6 Å². The first-order valence-corrected chi connectivity index (χ1v) is 12.8. The second-order valence-electron chi connectivity index (χ2n) is 9.60. The molecule has 0 radical (unpaired) electrons. The number of hydrogen-bond donors (Lipinski definition) is 1. The fraction of sp³-hybridized carbons (Fsp3) is 0.241. The van der Waals surface area contributed by atoms with Crippen LogP contribution in [0.4, 0.5) is 13.6 Å². The van der Waals surface area contributed by atoms with Crippen molar-refractivity contribution in [3.8, 4) is 0 Å². The molecule has 2 aliphatic rings. The lowest BCUT2D eigenvalue weighted by molar-refractivity contribution is 0.134. The van der Waals surface area contributed by atoms with Gasteiger partial charge < -0.3 is 10.1 Å². The molecule has 2 aliphatic heterocycles. The summed E-state index contributed by atoms with van der Waals surface area (Å²) in [7, 11) is 0. The average Bonchev–Trinajstić information content (AvgIpc) is 3.49. The normalized spacial score (nSPS) is 14.8. The minimum atomic E-state index is -0.576. The zero-order valence-corrected chi connectivity index (χ0v) is 22.5. The molecule has 0 unspecified atom stereocenters. The van der Waals surface area contributed by atoms with Gasteiger partial charge in [-0.15, -0.1) is 12.4 Å². The van der Waals surface area contributed by atoms with E-state index < -0.39 is 11.8 Å². The molecule has 0 aliphatic carbocycles. The molecule has 4 heterocycles. The van der Waals surface area contributed by atoms with Crippen molar-refractivity contribution in [2.45, 2.75) is 32.7 Å². The zero-order chi connectivity index (χ0) is 26.2. The van der Waals surface area contributed by atoms with Gasteiger partial charge in [0.2, 0.25) is 5.95 Å². The number of rotatable bonds is 5. The van der Waals surface area contributed by atoms with Gasteiger partial charge in [-0.1, -0.05) is 29.8 Å². The number of hydrogen-bond acceptors (Lipinski definition) is 4. The standard InChI is InChI=1S/C29H25ClF2N4O2.ClH/c30-24-10-18(3-4-25(24)31)2-1-8-35-9-6-26-23(15-35)22-12-20-16-38-17-21(20)13-27(22)36(26)29(37)34-14-19-5-7-33-28(32)11-19;/h1-5,7,10-13H,6,8-9,14-17H2,(H,34,37);1H/b2-1+;. The van der Waals surface area contributed by atoms with Gasteiger partial charge in [0, 0.05) is 49.9 Å². The molecule has 0 fully saturated rings. The Morgan fingerprint density at radius 1 is 1.13 bits per heavy atom. The molecular weight excluding hydrogens is 545 g/mol. The number of halogens is 4. The lowest BCUT2D eigenvalue weighted by Gasteiger charge is -2.27. The van der Waals surface area contributed by atoms with Gasteiger partial charge in [0.05, 0.1) is 23.8 Å². The van der Waals surface area contributed by atoms with Crippen LogP contribution in [0.1, 0.15) is 33.5 Å². The Balaban J connectivity index is 0.00000308. The van der Waals surface area contributed by atoms with Gasteiger partial charge in [0.1, 0.15) is 5.82 Å². The van der Waals surface area contributed by atoms with Crippen LogP contribution in [0, 0.1) is 11.8 Å². The summed E-state index contributed by atoms with van der Waals surface area (Å²) in [5.41, 5.74) is 6.71. The van der Waals surface area contributed by atoms with Crippen LogP contribution < -0.4 is 5.32 Å². The van der Waals surface area contributed by atoms with Crippen LogP contribution in [-0.2, 0) is 37.5 Å². The van der Waals surface area contributed by atoms with Crippen LogP contribution in [0.25, 0.3) is 17.0 Å². The summed E-state index contributed by atoms with van der Waals surface area (Å²) in [6, 6.07) is 11.6. The first-order chi connectivity index (χ1) is 18.5. The molecule has 0 saturated carbocycles. The molecule has 6 rings (SSSR count). The maximum absolute atomic E-state index is 13.5. The molecular formula is C29H26Cl2F2N4O2. The fourth-order valence-electron chi connectivity index (χ4n) is 5.24. The van der Waals surface area contributed by atoms with Crippen molar-refractivity contribution in [2.24, 2.45) is 0 Å². The van der Waals surface area contributed by atoms with E-state index >= 15 is 0 Å². The maximum Gasteiger partial charge on any atom is 0.326 e. The van der Waals surface area contributed by atoms with E-state index in [9.17, 15) is 13.6 Å². The monoisotopic (exact) mass is 570 g/mol. The molecule has 1 amide bonds. The van der Waals surface area contributed by atoms with E-state index in [0.29, 0.717) is 38.3 Å². The van der Waals surface area contributed by atoms with E-state index in [-0.39, 0.29) is 30.0 Å². The number of benzene rings is 2. The number of nitrogens with zero attached hydrogens (tertiary/aromatic N) is 3. The molecule has 4 aromatic rings. The molecule has 1 N–H and O–H groups in total. The predicted octanol–water partition coefficient (Wildman–Crippen LogP) is 6.25. The van der Waals surface area contributed by atoms with E-state index in [0.717, 1.165) is 45.4 Å². The van der Waals surface area contributed by atoms with E-state index in [1.807, 2.05) is 12.2 Å². The zero-order valence-electron chi connectivity index (χ0n) is 20.9. The number of aromatic nitrogens is 2. The third kappa shape index (κ3) is 5.56.